The number of hydrogen-bond donors (Lipinski definition) is 0. The van der Waals surface area contributed by atoms with E-state index in [2.05, 4.69) is 15.9 Å². The zero-order chi connectivity index (χ0) is 12.0. The fourth-order valence-electron chi connectivity index (χ4n) is 1.67. The van der Waals surface area contributed by atoms with Crippen molar-refractivity contribution in [2.24, 2.45) is 0 Å². The van der Waals surface area contributed by atoms with Crippen molar-refractivity contribution in [1.82, 2.24) is 0 Å². The molecule has 0 amide bonds. The second-order valence-electron chi connectivity index (χ2n) is 4.05. The summed E-state index contributed by atoms with van der Waals surface area (Å²) in [6.07, 6.45) is 1.50. The smallest absolute Gasteiger partial charge is 0.212 e. The second kappa shape index (κ2) is 3.96. The van der Waals surface area contributed by atoms with Gasteiger partial charge in [0.2, 0.25) is 9.05 Å². The molecule has 1 saturated carbocycles. The Bertz CT molecular complexity index is 526. The molecule has 1 aliphatic rings. The van der Waals surface area contributed by atoms with E-state index in [1.807, 2.05) is 0 Å². The van der Waals surface area contributed by atoms with Crippen LogP contribution in [0.4, 0.5) is 4.39 Å². The molecule has 2 nitrogen and oxygen atoms in total. The van der Waals surface area contributed by atoms with Crippen LogP contribution in [-0.4, -0.2) is 13.2 Å². The monoisotopic (exact) mass is 326 g/mol. The van der Waals surface area contributed by atoms with E-state index in [4.69, 9.17) is 10.7 Å². The lowest BCUT2D eigenvalue weighted by atomic mass is 10.1. The highest BCUT2D eigenvalue weighted by atomic mass is 79.9. The maximum atomic E-state index is 13.0. The molecule has 1 fully saturated rings. The van der Waals surface area contributed by atoms with Gasteiger partial charge in [-0.25, -0.2) is 12.8 Å². The van der Waals surface area contributed by atoms with Gasteiger partial charge < -0.3 is 0 Å². The quantitative estimate of drug-likeness (QED) is 0.799. The normalized spacial score (nSPS) is 18.4. The van der Waals surface area contributed by atoms with Gasteiger partial charge in [-0.1, -0.05) is 6.07 Å². The summed E-state index contributed by atoms with van der Waals surface area (Å²) < 4.78 is 35.2. The van der Waals surface area contributed by atoms with Gasteiger partial charge in [-0.15, -0.1) is 0 Å². The Balaban J connectivity index is 2.26. The van der Waals surface area contributed by atoms with Crippen LogP contribution in [0.25, 0.3) is 0 Å². The van der Waals surface area contributed by atoms with Gasteiger partial charge in [-0.3, -0.25) is 0 Å². The number of halogens is 3. The average Bonchev–Trinajstić information content (AvgIpc) is 2.91. The van der Waals surface area contributed by atoms with E-state index < -0.39 is 13.8 Å². The third-order valence-corrected chi connectivity index (χ3v) is 6.01. The molecule has 0 bridgehead atoms. The van der Waals surface area contributed by atoms with Crippen molar-refractivity contribution in [1.29, 1.82) is 0 Å². The maximum Gasteiger partial charge on any atom is 0.238 e. The van der Waals surface area contributed by atoms with Gasteiger partial charge in [0.05, 0.1) is 9.22 Å². The van der Waals surface area contributed by atoms with Crippen molar-refractivity contribution in [3.05, 3.63) is 34.1 Å². The number of benzene rings is 1. The van der Waals surface area contributed by atoms with Crippen LogP contribution in [0.5, 0.6) is 0 Å². The predicted octanol–water partition coefficient (Wildman–Crippen LogP) is 3.23. The molecule has 0 radical (unpaired) electrons. The minimum Gasteiger partial charge on any atom is -0.212 e. The molecule has 0 spiro atoms. The molecule has 2 rings (SSSR count). The first-order chi connectivity index (χ1) is 7.34. The summed E-state index contributed by atoms with van der Waals surface area (Å²) in [4.78, 5) is 0. The van der Waals surface area contributed by atoms with Gasteiger partial charge >= 0.3 is 0 Å². The van der Waals surface area contributed by atoms with E-state index in [-0.39, 0.29) is 5.82 Å². The summed E-state index contributed by atoms with van der Waals surface area (Å²) in [6, 6.07) is 4.50. The Labute approximate surface area is 106 Å². The fraction of sp³-hybridized carbons (Fsp3) is 0.400. The molecular formula is C10H9BrClFO2S. The summed E-state index contributed by atoms with van der Waals surface area (Å²) in [6.45, 7) is 0. The summed E-state index contributed by atoms with van der Waals surface area (Å²) in [7, 11) is 1.85. The molecule has 16 heavy (non-hydrogen) atoms. The lowest BCUT2D eigenvalue weighted by Crippen LogP contribution is -2.20. The first-order valence-electron chi connectivity index (χ1n) is 4.72. The molecule has 1 aromatic carbocycles. The molecule has 0 N–H and O–H groups in total. The third-order valence-electron chi connectivity index (χ3n) is 2.84. The Kier molecular flexibility index (Phi) is 3.05. The standard InChI is InChI=1S/C10H9BrClFO2S/c11-8-5-7(1-2-9(8)13)6-10(3-4-10)16(12,14)15/h1-2,5H,3-4,6H2. The zero-order valence-corrected chi connectivity index (χ0v) is 11.4. The Morgan fingerprint density at radius 3 is 2.50 bits per heavy atom. The molecule has 0 saturated heterocycles. The van der Waals surface area contributed by atoms with Gasteiger partial charge in [0.25, 0.3) is 0 Å². The first kappa shape index (κ1) is 12.3. The molecular weight excluding hydrogens is 319 g/mol. The fourth-order valence-corrected chi connectivity index (χ4v) is 3.65. The van der Waals surface area contributed by atoms with E-state index in [0.29, 0.717) is 23.7 Å². The van der Waals surface area contributed by atoms with Gasteiger partial charge in [0, 0.05) is 10.7 Å². The summed E-state index contributed by atoms with van der Waals surface area (Å²) in [5, 5.41) is 0. The van der Waals surface area contributed by atoms with Crippen molar-refractivity contribution >= 4 is 35.7 Å². The minimum atomic E-state index is -3.55. The topological polar surface area (TPSA) is 34.1 Å². The maximum absolute atomic E-state index is 13.0. The molecule has 0 aliphatic heterocycles. The van der Waals surface area contributed by atoms with Crippen molar-refractivity contribution in [3.63, 3.8) is 0 Å². The van der Waals surface area contributed by atoms with Gasteiger partial charge in [0.1, 0.15) is 5.82 Å². The van der Waals surface area contributed by atoms with E-state index >= 15 is 0 Å². The van der Waals surface area contributed by atoms with Gasteiger partial charge in [-0.2, -0.15) is 0 Å². The Hall–Kier alpha value is -0.130. The van der Waals surface area contributed by atoms with E-state index in [1.165, 1.54) is 6.07 Å². The highest BCUT2D eigenvalue weighted by Gasteiger charge is 2.53. The molecule has 0 unspecified atom stereocenters. The van der Waals surface area contributed by atoms with Crippen molar-refractivity contribution in [2.75, 3.05) is 0 Å². The van der Waals surface area contributed by atoms with E-state index in [0.717, 1.165) is 5.56 Å². The summed E-state index contributed by atoms with van der Waals surface area (Å²) in [5.41, 5.74) is 0.773. The van der Waals surface area contributed by atoms with Crippen LogP contribution in [0.15, 0.2) is 22.7 Å². The molecule has 6 heteroatoms. The Morgan fingerprint density at radius 1 is 1.44 bits per heavy atom. The van der Waals surface area contributed by atoms with Crippen LogP contribution in [0.2, 0.25) is 0 Å². The SMILES string of the molecule is O=S(=O)(Cl)C1(Cc2ccc(F)c(Br)c2)CC1. The van der Waals surface area contributed by atoms with Crippen molar-refractivity contribution in [2.45, 2.75) is 24.0 Å². The third kappa shape index (κ3) is 2.26. The summed E-state index contributed by atoms with van der Waals surface area (Å²) >= 11 is 3.07. The van der Waals surface area contributed by atoms with Gasteiger partial charge in [0.15, 0.2) is 0 Å². The van der Waals surface area contributed by atoms with Crippen molar-refractivity contribution < 1.29 is 12.8 Å². The first-order valence-corrected chi connectivity index (χ1v) is 7.82. The van der Waals surface area contributed by atoms with Gasteiger partial charge in [-0.05, 0) is 52.9 Å². The Morgan fingerprint density at radius 2 is 2.06 bits per heavy atom. The second-order valence-corrected chi connectivity index (χ2v) is 7.86. The summed E-state index contributed by atoms with van der Waals surface area (Å²) in [5.74, 6) is -0.359. The number of hydrogen-bond acceptors (Lipinski definition) is 2. The van der Waals surface area contributed by atoms with E-state index in [9.17, 15) is 12.8 Å². The highest BCUT2D eigenvalue weighted by molar-refractivity contribution is 9.10. The average molecular weight is 328 g/mol. The van der Waals surface area contributed by atoms with Crippen LogP contribution >= 0.6 is 26.6 Å². The van der Waals surface area contributed by atoms with Crippen LogP contribution in [0.1, 0.15) is 18.4 Å². The zero-order valence-electron chi connectivity index (χ0n) is 8.21. The van der Waals surface area contributed by atoms with Crippen LogP contribution in [0.3, 0.4) is 0 Å². The van der Waals surface area contributed by atoms with E-state index in [1.54, 1.807) is 12.1 Å². The van der Waals surface area contributed by atoms with Crippen LogP contribution in [0, 0.1) is 5.82 Å². The predicted molar refractivity (Wildman–Crippen MR) is 64.5 cm³/mol. The molecule has 0 heterocycles. The molecule has 88 valence electrons. The lowest BCUT2D eigenvalue weighted by Gasteiger charge is -2.11. The molecule has 0 aromatic heterocycles. The minimum absolute atomic E-state index is 0.341. The van der Waals surface area contributed by atoms with Crippen LogP contribution in [-0.2, 0) is 15.5 Å². The molecule has 1 aliphatic carbocycles. The molecule has 0 atom stereocenters. The van der Waals surface area contributed by atoms with Crippen molar-refractivity contribution in [3.8, 4) is 0 Å². The largest absolute Gasteiger partial charge is 0.238 e. The highest BCUT2D eigenvalue weighted by Crippen LogP contribution is 2.48. The molecule has 1 aromatic rings. The number of rotatable bonds is 3. The lowest BCUT2D eigenvalue weighted by molar-refractivity contribution is 0.589. The van der Waals surface area contributed by atoms with Crippen LogP contribution < -0.4 is 0 Å².